The van der Waals surface area contributed by atoms with Gasteiger partial charge in [-0.2, -0.15) is 0 Å². The number of phenols is 5. The van der Waals surface area contributed by atoms with Gasteiger partial charge >= 0.3 is 0 Å². The summed E-state index contributed by atoms with van der Waals surface area (Å²) in [6.45, 7) is 0.453. The molecule has 0 radical (unpaired) electrons. The summed E-state index contributed by atoms with van der Waals surface area (Å²) in [4.78, 5) is 10.0. The van der Waals surface area contributed by atoms with E-state index >= 15 is 0 Å². The van der Waals surface area contributed by atoms with E-state index in [9.17, 15) is 35.7 Å². The van der Waals surface area contributed by atoms with Gasteiger partial charge in [-0.3, -0.25) is 15.3 Å². The van der Waals surface area contributed by atoms with Crippen LogP contribution in [0.3, 0.4) is 0 Å². The number of phenolic OH excluding ortho intramolecular Hbond substituents is 5. The van der Waals surface area contributed by atoms with Crippen LogP contribution in [0.15, 0.2) is 106 Å². The first-order valence-electron chi connectivity index (χ1n) is 23.3. The first-order chi connectivity index (χ1) is 31.1. The number of benzene rings is 4. The lowest BCUT2D eigenvalue weighted by atomic mass is 9.34. The van der Waals surface area contributed by atoms with Crippen LogP contribution in [-0.2, 0) is 12.8 Å². The fourth-order valence-corrected chi connectivity index (χ4v) is 14.5. The van der Waals surface area contributed by atoms with E-state index in [4.69, 9.17) is 9.98 Å². The first kappa shape index (κ1) is 41.1. The van der Waals surface area contributed by atoms with E-state index in [1.807, 2.05) is 0 Å². The van der Waals surface area contributed by atoms with Gasteiger partial charge in [0.05, 0.1) is 23.2 Å². The third-order valence-corrected chi connectivity index (χ3v) is 17.0. The molecule has 2 heterocycles. The smallest absolute Gasteiger partial charge is 0.169 e. The normalized spacial score (nSPS) is 32.4. The summed E-state index contributed by atoms with van der Waals surface area (Å²) in [5, 5.41) is 81.4. The van der Waals surface area contributed by atoms with Crippen LogP contribution < -0.4 is 5.32 Å². The quantitative estimate of drug-likeness (QED) is 0.0467. The molecule has 9 atom stereocenters. The monoisotopic (exact) mass is 859 g/mol. The molecular weight excluding hydrogens is 803 g/mol. The van der Waals surface area contributed by atoms with E-state index in [-0.39, 0.29) is 69.6 Å². The zero-order valence-electron chi connectivity index (χ0n) is 36.0. The highest BCUT2D eigenvalue weighted by molar-refractivity contribution is 6.35. The third kappa shape index (κ3) is 5.94. The number of fused-ring (bicyclic) bond motifs is 4. The maximum atomic E-state index is 12.5. The summed E-state index contributed by atoms with van der Waals surface area (Å²) >= 11 is 0. The van der Waals surface area contributed by atoms with Gasteiger partial charge in [-0.1, -0.05) is 91.8 Å². The molecule has 64 heavy (non-hydrogen) atoms. The molecular formula is C54H57N3O7. The van der Waals surface area contributed by atoms with Crippen LogP contribution in [-0.4, -0.2) is 73.1 Å². The van der Waals surface area contributed by atoms with Crippen molar-refractivity contribution in [2.24, 2.45) is 44.0 Å². The molecule has 10 nitrogen and oxygen atoms in total. The van der Waals surface area contributed by atoms with Crippen molar-refractivity contribution >= 4 is 34.9 Å². The van der Waals surface area contributed by atoms with Crippen molar-refractivity contribution in [2.75, 3.05) is 13.3 Å². The van der Waals surface area contributed by atoms with Crippen LogP contribution in [0, 0.1) is 34.0 Å². The molecule has 11 rings (SSSR count). The predicted octanol–water partition coefficient (Wildman–Crippen LogP) is 8.97. The fraction of sp³-hybridized carbons (Fsp3) is 0.407. The van der Waals surface area contributed by atoms with Crippen LogP contribution in [0.25, 0.3) is 22.9 Å². The van der Waals surface area contributed by atoms with Crippen molar-refractivity contribution in [1.82, 2.24) is 5.32 Å². The Morgan fingerprint density at radius 2 is 1.61 bits per heavy atom. The Labute approximate surface area is 373 Å². The third-order valence-electron chi connectivity index (χ3n) is 17.0. The van der Waals surface area contributed by atoms with Gasteiger partial charge in [0.2, 0.25) is 0 Å². The SMILES string of the molecule is OCCC1=CC2=CC3CCCC34CCC35CCCC3C=CC(O)C5C4(C3=NCN=C3)C2NC1c1ccc(CCc2c(O)c(O)c3c(O)cccc3c2C=Cc2ccc(O)c(O)c2)cc1. The van der Waals surface area contributed by atoms with Crippen LogP contribution in [0.1, 0.15) is 91.6 Å². The Balaban J connectivity index is 0.953. The lowest BCUT2D eigenvalue weighted by Gasteiger charge is -2.71. The summed E-state index contributed by atoms with van der Waals surface area (Å²) in [7, 11) is 0. The fourth-order valence-electron chi connectivity index (χ4n) is 14.5. The van der Waals surface area contributed by atoms with E-state index in [0.717, 1.165) is 67.4 Å². The second-order valence-corrected chi connectivity index (χ2v) is 19.6. The average molecular weight is 860 g/mol. The Bertz CT molecular complexity index is 2730. The molecule has 7 aliphatic rings. The Morgan fingerprint density at radius 1 is 0.781 bits per heavy atom. The minimum Gasteiger partial charge on any atom is -0.507 e. The van der Waals surface area contributed by atoms with Crippen molar-refractivity contribution < 1.29 is 35.7 Å². The molecule has 5 aliphatic carbocycles. The van der Waals surface area contributed by atoms with E-state index in [1.165, 1.54) is 30.2 Å². The minimum atomic E-state index is -0.585. The summed E-state index contributed by atoms with van der Waals surface area (Å²) < 4.78 is 0. The second kappa shape index (κ2) is 15.5. The Morgan fingerprint density at radius 3 is 2.41 bits per heavy atom. The number of nitrogens with one attached hydrogen (secondary N) is 1. The van der Waals surface area contributed by atoms with Gasteiger partial charge in [0.1, 0.15) is 12.4 Å². The van der Waals surface area contributed by atoms with Crippen molar-refractivity contribution in [3.63, 3.8) is 0 Å². The van der Waals surface area contributed by atoms with E-state index in [0.29, 0.717) is 59.8 Å². The van der Waals surface area contributed by atoms with Gasteiger partial charge < -0.3 is 35.7 Å². The molecule has 10 heteroatoms. The molecule has 8 N–H and O–H groups in total. The topological polar surface area (TPSA) is 178 Å². The van der Waals surface area contributed by atoms with E-state index in [2.05, 4.69) is 60.1 Å². The first-order valence-corrected chi connectivity index (χ1v) is 23.3. The van der Waals surface area contributed by atoms with Crippen molar-refractivity contribution in [3.05, 3.63) is 124 Å². The number of aryl methyl sites for hydroxylation is 1. The summed E-state index contributed by atoms with van der Waals surface area (Å²) in [5.74, 6) is -0.512. The van der Waals surface area contributed by atoms with Gasteiger partial charge in [0.25, 0.3) is 0 Å². The molecule has 2 spiro atoms. The molecule has 4 aromatic carbocycles. The van der Waals surface area contributed by atoms with Gasteiger partial charge in [0, 0.05) is 35.8 Å². The highest BCUT2D eigenvalue weighted by Gasteiger charge is 2.76. The number of aliphatic hydroxyl groups excluding tert-OH is 2. The number of nitrogens with zero attached hydrogens (tertiary/aromatic N) is 2. The van der Waals surface area contributed by atoms with E-state index in [1.54, 1.807) is 30.4 Å². The summed E-state index contributed by atoms with van der Waals surface area (Å²) in [6, 6.07) is 17.7. The Kier molecular flexibility index (Phi) is 9.94. The van der Waals surface area contributed by atoms with Crippen molar-refractivity contribution in [3.8, 4) is 28.7 Å². The van der Waals surface area contributed by atoms with Crippen LogP contribution in [0.2, 0.25) is 0 Å². The molecule has 0 aromatic heterocycles. The largest absolute Gasteiger partial charge is 0.507 e. The van der Waals surface area contributed by atoms with Crippen LogP contribution in [0.4, 0.5) is 0 Å². The molecule has 9 unspecified atom stereocenters. The zero-order valence-corrected chi connectivity index (χ0v) is 36.0. The standard InChI is InChI=1S/C54H57N3O7/c58-25-20-34-27-35-28-37-5-3-22-53(37)24-23-52-21-2-4-36(52)15-19-43(61)50(52)54(53,45-29-55-30-56-45)51(35)57-47(34)33-13-8-31(9-14-33)10-17-40-38(16-11-32-12-18-41(59)44(62)26-32)39-6-1-7-42(60)46(39)49(64)48(40)63/h1,6-9,11-16,18-19,26-29,36-37,43,47,50-51,57-64H,2-5,10,17,20-25,30H2. The molecule has 0 bridgehead atoms. The molecule has 330 valence electrons. The molecule has 3 saturated carbocycles. The van der Waals surface area contributed by atoms with Crippen LogP contribution >= 0.6 is 0 Å². The zero-order chi connectivity index (χ0) is 44.0. The summed E-state index contributed by atoms with van der Waals surface area (Å²) in [5.41, 5.74) is 6.78. The maximum Gasteiger partial charge on any atom is 0.169 e. The molecule has 2 aliphatic heterocycles. The van der Waals surface area contributed by atoms with Gasteiger partial charge in [-0.25, -0.2) is 0 Å². The number of hydrogen-bond donors (Lipinski definition) is 8. The van der Waals surface area contributed by atoms with Gasteiger partial charge in [0.15, 0.2) is 23.0 Å². The average Bonchev–Trinajstić information content (AvgIpc) is 4.08. The number of aromatic hydroxyl groups is 5. The lowest BCUT2D eigenvalue weighted by Crippen LogP contribution is -2.74. The number of hydrogen-bond acceptors (Lipinski definition) is 10. The number of aliphatic hydroxyl groups is 2. The highest BCUT2D eigenvalue weighted by Crippen LogP contribution is 2.77. The minimum absolute atomic E-state index is 0.00265. The van der Waals surface area contributed by atoms with E-state index < -0.39 is 11.5 Å². The second-order valence-electron chi connectivity index (χ2n) is 19.6. The van der Waals surface area contributed by atoms with Gasteiger partial charge in [-0.15, -0.1) is 0 Å². The summed E-state index contributed by atoms with van der Waals surface area (Å²) in [6.07, 6.45) is 24.9. The number of aliphatic imine (C=N–C) groups is 2. The Hall–Kier alpha value is -5.68. The van der Waals surface area contributed by atoms with Crippen molar-refractivity contribution in [1.29, 1.82) is 0 Å². The molecule has 0 saturated heterocycles. The lowest BCUT2D eigenvalue weighted by molar-refractivity contribution is -0.167. The number of allylic oxidation sites excluding steroid dienone is 2. The maximum absolute atomic E-state index is 12.5. The highest BCUT2D eigenvalue weighted by atomic mass is 16.3. The van der Waals surface area contributed by atoms with Gasteiger partial charge in [-0.05, 0) is 137 Å². The van der Waals surface area contributed by atoms with Crippen LogP contribution in [0.5, 0.6) is 28.7 Å². The van der Waals surface area contributed by atoms with Crippen molar-refractivity contribution in [2.45, 2.75) is 88.8 Å². The number of rotatable bonds is 9. The molecule has 0 amide bonds. The molecule has 3 fully saturated rings. The predicted molar refractivity (Wildman–Crippen MR) is 250 cm³/mol. The molecule has 4 aromatic rings.